The van der Waals surface area contributed by atoms with E-state index in [9.17, 15) is 0 Å². The van der Waals surface area contributed by atoms with Crippen LogP contribution in [0.5, 0.6) is 0 Å². The molecule has 0 spiro atoms. The van der Waals surface area contributed by atoms with E-state index in [4.69, 9.17) is 0 Å². The van der Waals surface area contributed by atoms with Crippen LogP contribution in [0.3, 0.4) is 0 Å². The lowest BCUT2D eigenvalue weighted by Crippen LogP contribution is -2.30. The molecule has 2 heterocycles. The van der Waals surface area contributed by atoms with Gasteiger partial charge in [-0.25, -0.2) is 0 Å². The second-order valence-corrected chi connectivity index (χ2v) is 19.4. The van der Waals surface area contributed by atoms with Crippen LogP contribution in [-0.2, 0) is 10.8 Å². The Morgan fingerprint density at radius 3 is 1.26 bits per heavy atom. The number of aromatic nitrogens is 2. The molecule has 0 saturated carbocycles. The lowest BCUT2D eigenvalue weighted by molar-refractivity contribution is 0.697. The lowest BCUT2D eigenvalue weighted by Gasteiger charge is -2.36. The van der Waals surface area contributed by atoms with Crippen molar-refractivity contribution in [1.29, 1.82) is 0 Å². The first-order valence-electron chi connectivity index (χ1n) is 24.7. The minimum atomic E-state index is -0.514. The van der Waals surface area contributed by atoms with E-state index in [1.807, 2.05) is 0 Å². The summed E-state index contributed by atoms with van der Waals surface area (Å²) in [5.41, 5.74) is 22.1. The van der Waals surface area contributed by atoms with Gasteiger partial charge >= 0.3 is 0 Å². The number of hydrogen-bond acceptors (Lipinski definition) is 0. The van der Waals surface area contributed by atoms with E-state index in [0.717, 1.165) is 24.2 Å². The Morgan fingerprint density at radius 1 is 0.329 bits per heavy atom. The third kappa shape index (κ3) is 5.12. The fourth-order valence-electron chi connectivity index (χ4n) is 13.5. The zero-order valence-electron chi connectivity index (χ0n) is 38.6. The first-order valence-corrected chi connectivity index (χ1v) is 24.7. The number of benzene rings is 10. The zero-order chi connectivity index (χ0) is 46.0. The van der Waals surface area contributed by atoms with Gasteiger partial charge in [-0.05, 0) is 128 Å². The molecule has 0 amide bonds. The summed E-state index contributed by atoms with van der Waals surface area (Å²) < 4.78 is 5.07. The standard InChI is InChI=1S/C68H46N2/c1-5-21-45(22-6-1)67(59-33-17-13-29-51(59)52-30-14-18-34-60(52)67)47-37-41-63-57(43-47)55-39-40-56-58-44-48(68(46-23-7-2-8-24-46)61-35-19-15-31-53(61)54-32-16-20-36-62(54)68)38-42-64(58)70(50-27-11-4-12-28-50)66(56)65(55)69(63)49-25-9-3-10-26-49/h1-19,21-35,37-44H,20,36H2. The van der Waals surface area contributed by atoms with Crippen molar-refractivity contribution in [1.82, 2.24) is 9.13 Å². The number of rotatable bonds is 6. The van der Waals surface area contributed by atoms with Crippen LogP contribution in [0.1, 0.15) is 57.3 Å². The largest absolute Gasteiger partial charge is 0.307 e. The highest BCUT2D eigenvalue weighted by atomic mass is 15.0. The maximum Gasteiger partial charge on any atom is 0.0788 e. The molecule has 3 aliphatic carbocycles. The Balaban J connectivity index is 1.07. The molecular weight excluding hydrogens is 845 g/mol. The number of allylic oxidation sites excluding steroid dienone is 4. The molecule has 1 unspecified atom stereocenters. The molecule has 12 aromatic rings. The monoisotopic (exact) mass is 890 g/mol. The highest BCUT2D eigenvalue weighted by Gasteiger charge is 2.48. The lowest BCUT2D eigenvalue weighted by atomic mass is 9.65. The normalized spacial score (nSPS) is 16.5. The quantitative estimate of drug-likeness (QED) is 0.157. The topological polar surface area (TPSA) is 9.86 Å². The Kier molecular flexibility index (Phi) is 8.36. The van der Waals surface area contributed by atoms with Crippen molar-refractivity contribution >= 4 is 49.2 Å². The van der Waals surface area contributed by atoms with Crippen molar-refractivity contribution in [3.63, 3.8) is 0 Å². The van der Waals surface area contributed by atoms with E-state index in [-0.39, 0.29) is 0 Å². The van der Waals surface area contributed by atoms with Gasteiger partial charge < -0.3 is 9.13 Å². The number of fused-ring (bicyclic) bond motifs is 12. The maximum absolute atomic E-state index is 2.55. The van der Waals surface area contributed by atoms with Gasteiger partial charge in [0.25, 0.3) is 0 Å². The summed E-state index contributed by atoms with van der Waals surface area (Å²) in [6, 6.07) is 91.3. The van der Waals surface area contributed by atoms with Crippen molar-refractivity contribution in [2.45, 2.75) is 23.7 Å². The SMILES string of the molecule is C1=CC2=C(CC1)C(c1ccccc1)(c1ccc3c(c1)c1ccc4c5cc(C6(c7ccccc7)c7ccccc7-c7ccccc76)ccc5n(-c5ccccc5)c4c1n3-c1ccccc1)c1ccccc12. The van der Waals surface area contributed by atoms with Gasteiger partial charge in [-0.2, -0.15) is 0 Å². The molecule has 0 saturated heterocycles. The van der Waals surface area contributed by atoms with E-state index >= 15 is 0 Å². The highest BCUT2D eigenvalue weighted by Crippen LogP contribution is 2.59. The Labute approximate surface area is 407 Å². The highest BCUT2D eigenvalue weighted by molar-refractivity contribution is 6.24. The predicted octanol–water partition coefficient (Wildman–Crippen LogP) is 16.7. The van der Waals surface area contributed by atoms with E-state index in [0.29, 0.717) is 0 Å². The van der Waals surface area contributed by atoms with E-state index < -0.39 is 10.8 Å². The maximum atomic E-state index is 2.55. The summed E-state index contributed by atoms with van der Waals surface area (Å²) in [4.78, 5) is 0. The molecule has 0 bridgehead atoms. The van der Waals surface area contributed by atoms with Gasteiger partial charge in [-0.15, -0.1) is 0 Å². The predicted molar refractivity (Wildman–Crippen MR) is 290 cm³/mol. The Bertz CT molecular complexity index is 4110. The second kappa shape index (κ2) is 14.9. The van der Waals surface area contributed by atoms with Crippen molar-refractivity contribution < 1.29 is 0 Å². The third-order valence-corrected chi connectivity index (χ3v) is 16.2. The van der Waals surface area contributed by atoms with Crippen molar-refractivity contribution in [2.75, 3.05) is 0 Å². The summed E-state index contributed by atoms with van der Waals surface area (Å²) in [5.74, 6) is 0. The molecule has 1 atom stereocenters. The minimum Gasteiger partial charge on any atom is -0.307 e. The van der Waals surface area contributed by atoms with Gasteiger partial charge in [-0.3, -0.25) is 0 Å². The third-order valence-electron chi connectivity index (χ3n) is 16.2. The summed E-state index contributed by atoms with van der Waals surface area (Å²) in [6.07, 6.45) is 6.80. The molecule has 2 aromatic heterocycles. The van der Waals surface area contributed by atoms with Crippen LogP contribution in [0.15, 0.2) is 260 Å². The van der Waals surface area contributed by atoms with Crippen molar-refractivity contribution in [3.05, 3.63) is 305 Å². The van der Waals surface area contributed by atoms with Gasteiger partial charge in [0, 0.05) is 32.9 Å². The van der Waals surface area contributed by atoms with Gasteiger partial charge in [0.15, 0.2) is 0 Å². The zero-order valence-corrected chi connectivity index (χ0v) is 38.6. The van der Waals surface area contributed by atoms with Crippen molar-refractivity contribution in [3.8, 4) is 22.5 Å². The van der Waals surface area contributed by atoms with E-state index in [2.05, 4.69) is 264 Å². The fraction of sp³-hybridized carbons (Fsp3) is 0.0588. The second-order valence-electron chi connectivity index (χ2n) is 19.4. The molecule has 328 valence electrons. The molecule has 70 heavy (non-hydrogen) atoms. The van der Waals surface area contributed by atoms with Crippen LogP contribution >= 0.6 is 0 Å². The average Bonchev–Trinajstić information content (AvgIpc) is 4.15. The summed E-state index contributed by atoms with van der Waals surface area (Å²) in [5, 5.41) is 4.95. The van der Waals surface area contributed by atoms with Gasteiger partial charge in [0.05, 0.1) is 32.9 Å². The van der Waals surface area contributed by atoms with Crippen LogP contribution in [0.25, 0.3) is 71.7 Å². The molecule has 0 fully saturated rings. The summed E-state index contributed by atoms with van der Waals surface area (Å²) in [6.45, 7) is 0. The minimum absolute atomic E-state index is 0.432. The first-order chi connectivity index (χ1) is 34.8. The molecular formula is C68H46N2. The Hall–Kier alpha value is -8.72. The van der Waals surface area contributed by atoms with E-state index in [1.165, 1.54) is 110 Å². The van der Waals surface area contributed by atoms with Crippen molar-refractivity contribution in [2.24, 2.45) is 0 Å². The molecule has 0 N–H and O–H groups in total. The van der Waals surface area contributed by atoms with E-state index in [1.54, 1.807) is 0 Å². The summed E-state index contributed by atoms with van der Waals surface area (Å²) >= 11 is 0. The molecule has 0 aliphatic heterocycles. The number of hydrogen-bond donors (Lipinski definition) is 0. The number of nitrogens with zero attached hydrogens (tertiary/aromatic N) is 2. The fourth-order valence-corrected chi connectivity index (χ4v) is 13.5. The van der Waals surface area contributed by atoms with Crippen LogP contribution in [0, 0.1) is 0 Å². The molecule has 2 nitrogen and oxygen atoms in total. The van der Waals surface area contributed by atoms with Gasteiger partial charge in [0.1, 0.15) is 0 Å². The van der Waals surface area contributed by atoms with Crippen LogP contribution in [-0.4, -0.2) is 9.13 Å². The average molecular weight is 891 g/mol. The van der Waals surface area contributed by atoms with Gasteiger partial charge in [0.2, 0.25) is 0 Å². The molecule has 2 heteroatoms. The molecule has 10 aromatic carbocycles. The molecule has 3 aliphatic rings. The number of para-hydroxylation sites is 2. The molecule has 0 radical (unpaired) electrons. The van der Waals surface area contributed by atoms with Crippen LogP contribution in [0.4, 0.5) is 0 Å². The van der Waals surface area contributed by atoms with Crippen LogP contribution in [0.2, 0.25) is 0 Å². The smallest absolute Gasteiger partial charge is 0.0788 e. The summed E-state index contributed by atoms with van der Waals surface area (Å²) in [7, 11) is 0. The molecule has 15 rings (SSSR count). The van der Waals surface area contributed by atoms with Gasteiger partial charge in [-0.1, -0.05) is 206 Å². The first kappa shape index (κ1) is 39.3. The van der Waals surface area contributed by atoms with Crippen LogP contribution < -0.4 is 0 Å². The Morgan fingerprint density at radius 2 is 0.743 bits per heavy atom.